The molecule has 0 saturated heterocycles. The van der Waals surface area contributed by atoms with Gasteiger partial charge in [0.15, 0.2) is 17.8 Å². The molecule has 0 fully saturated rings. The highest BCUT2D eigenvalue weighted by Gasteiger charge is 2.21. The average Bonchev–Trinajstić information content (AvgIpc) is 3.23. The van der Waals surface area contributed by atoms with E-state index >= 15 is 0 Å². The van der Waals surface area contributed by atoms with Crippen molar-refractivity contribution >= 4 is 23.4 Å². The Hall–Kier alpha value is -2.94. The lowest BCUT2D eigenvalue weighted by atomic mass is 10.1. The van der Waals surface area contributed by atoms with Gasteiger partial charge in [-0.3, -0.25) is 9.55 Å². The average molecular weight is 469 g/mol. The Morgan fingerprint density at radius 1 is 1.16 bits per heavy atom. The van der Waals surface area contributed by atoms with Crippen LogP contribution in [0.1, 0.15) is 16.7 Å². The summed E-state index contributed by atoms with van der Waals surface area (Å²) in [4.78, 5) is 4.09. The molecule has 0 saturated carbocycles. The summed E-state index contributed by atoms with van der Waals surface area (Å²) in [5.74, 6) is 1.47. The van der Waals surface area contributed by atoms with E-state index in [9.17, 15) is 4.39 Å². The van der Waals surface area contributed by atoms with Gasteiger partial charge >= 0.3 is 0 Å². The van der Waals surface area contributed by atoms with Crippen molar-refractivity contribution in [3.63, 3.8) is 0 Å². The van der Waals surface area contributed by atoms with Crippen molar-refractivity contribution in [2.75, 3.05) is 6.79 Å². The van der Waals surface area contributed by atoms with E-state index in [-0.39, 0.29) is 12.6 Å². The molecular formula is C23H18ClFN4O2S. The quantitative estimate of drug-likeness (QED) is 0.356. The van der Waals surface area contributed by atoms with Crippen LogP contribution in [0.3, 0.4) is 0 Å². The number of ether oxygens (including phenoxy) is 2. The maximum absolute atomic E-state index is 14.2. The van der Waals surface area contributed by atoms with Gasteiger partial charge in [0.1, 0.15) is 11.6 Å². The molecule has 0 bridgehead atoms. The standard InChI is InChI=1S/C23H18ClFN4O2S/c1-14-19(24)3-2-4-20(14)29-22(15-5-7-26-8-6-15)27-28-23(29)32-12-17-10-18(25)9-16-11-30-13-31-21(16)17/h2-10H,11-13H2,1H3. The highest BCUT2D eigenvalue weighted by atomic mass is 35.5. The number of aromatic nitrogens is 4. The van der Waals surface area contributed by atoms with Crippen LogP contribution in [-0.4, -0.2) is 26.5 Å². The van der Waals surface area contributed by atoms with Gasteiger partial charge in [0, 0.05) is 39.9 Å². The van der Waals surface area contributed by atoms with Gasteiger partial charge in [0.2, 0.25) is 0 Å². The van der Waals surface area contributed by atoms with Crippen LogP contribution in [0.15, 0.2) is 60.0 Å². The molecule has 0 radical (unpaired) electrons. The summed E-state index contributed by atoms with van der Waals surface area (Å²) in [6.45, 7) is 2.44. The Balaban J connectivity index is 1.56. The lowest BCUT2D eigenvalue weighted by molar-refractivity contribution is -0.0171. The molecule has 3 heterocycles. The third-order valence-corrected chi connectivity index (χ3v) is 6.55. The monoisotopic (exact) mass is 468 g/mol. The van der Waals surface area contributed by atoms with Crippen LogP contribution >= 0.6 is 23.4 Å². The van der Waals surface area contributed by atoms with Gasteiger partial charge in [0.25, 0.3) is 0 Å². The number of hydrogen-bond acceptors (Lipinski definition) is 6. The Morgan fingerprint density at radius 2 is 2.00 bits per heavy atom. The largest absolute Gasteiger partial charge is 0.467 e. The van der Waals surface area contributed by atoms with Gasteiger partial charge in [-0.15, -0.1) is 10.2 Å². The predicted molar refractivity (Wildman–Crippen MR) is 121 cm³/mol. The van der Waals surface area contributed by atoms with Gasteiger partial charge in [-0.2, -0.15) is 0 Å². The second-order valence-corrected chi connectivity index (χ2v) is 8.56. The molecule has 1 aliphatic heterocycles. The molecule has 0 unspecified atom stereocenters. The molecular weight excluding hydrogens is 451 g/mol. The maximum Gasteiger partial charge on any atom is 0.196 e. The third-order valence-electron chi connectivity index (χ3n) is 5.16. The van der Waals surface area contributed by atoms with Crippen LogP contribution in [0.25, 0.3) is 17.1 Å². The second-order valence-electron chi connectivity index (χ2n) is 7.21. The highest BCUT2D eigenvalue weighted by Crippen LogP contribution is 2.36. The number of hydrogen-bond donors (Lipinski definition) is 0. The van der Waals surface area contributed by atoms with E-state index in [2.05, 4.69) is 15.2 Å². The second kappa shape index (κ2) is 8.90. The first-order chi connectivity index (χ1) is 15.6. The smallest absolute Gasteiger partial charge is 0.196 e. The minimum absolute atomic E-state index is 0.153. The first kappa shape index (κ1) is 20.9. The van der Waals surface area contributed by atoms with Gasteiger partial charge in [-0.05, 0) is 48.9 Å². The molecule has 0 aliphatic carbocycles. The number of fused-ring (bicyclic) bond motifs is 1. The molecule has 2 aromatic carbocycles. The number of benzene rings is 2. The predicted octanol–water partition coefficient (Wildman–Crippen LogP) is 5.59. The van der Waals surface area contributed by atoms with Gasteiger partial charge in [0.05, 0.1) is 12.3 Å². The highest BCUT2D eigenvalue weighted by molar-refractivity contribution is 7.98. The SMILES string of the molecule is Cc1c(Cl)cccc1-n1c(SCc2cc(F)cc3c2OCOC3)nnc1-c1ccncc1. The van der Waals surface area contributed by atoms with E-state index in [1.165, 1.54) is 23.9 Å². The van der Waals surface area contributed by atoms with Gasteiger partial charge < -0.3 is 9.47 Å². The molecule has 0 amide bonds. The van der Waals surface area contributed by atoms with Crippen molar-refractivity contribution in [3.05, 3.63) is 82.4 Å². The zero-order valence-electron chi connectivity index (χ0n) is 17.1. The minimum atomic E-state index is -0.321. The Kier molecular flexibility index (Phi) is 5.82. The van der Waals surface area contributed by atoms with Crippen molar-refractivity contribution in [1.29, 1.82) is 0 Å². The molecule has 0 spiro atoms. The summed E-state index contributed by atoms with van der Waals surface area (Å²) in [5.41, 5.74) is 4.12. The fourth-order valence-corrected chi connectivity index (χ4v) is 4.69. The third kappa shape index (κ3) is 3.97. The van der Waals surface area contributed by atoms with Gasteiger partial charge in [-0.25, -0.2) is 4.39 Å². The summed E-state index contributed by atoms with van der Waals surface area (Å²) >= 11 is 7.86. The molecule has 162 valence electrons. The fraction of sp³-hybridized carbons (Fsp3) is 0.174. The van der Waals surface area contributed by atoms with Crippen molar-refractivity contribution in [2.24, 2.45) is 0 Å². The molecule has 2 aromatic heterocycles. The number of halogens is 2. The topological polar surface area (TPSA) is 62.1 Å². The van der Waals surface area contributed by atoms with Crippen molar-refractivity contribution in [2.45, 2.75) is 24.4 Å². The lowest BCUT2D eigenvalue weighted by Gasteiger charge is -2.20. The Morgan fingerprint density at radius 3 is 2.84 bits per heavy atom. The summed E-state index contributed by atoms with van der Waals surface area (Å²) in [6.07, 6.45) is 3.43. The first-order valence-corrected chi connectivity index (χ1v) is 11.2. The van der Waals surface area contributed by atoms with E-state index in [1.807, 2.05) is 41.8 Å². The molecule has 6 nitrogen and oxygen atoms in total. The number of thioether (sulfide) groups is 1. The zero-order valence-corrected chi connectivity index (χ0v) is 18.7. The fourth-order valence-electron chi connectivity index (χ4n) is 3.61. The summed E-state index contributed by atoms with van der Waals surface area (Å²) in [7, 11) is 0. The summed E-state index contributed by atoms with van der Waals surface area (Å²) < 4.78 is 27.1. The maximum atomic E-state index is 14.2. The molecule has 9 heteroatoms. The molecule has 0 atom stereocenters. The van der Waals surface area contributed by atoms with E-state index in [0.29, 0.717) is 39.7 Å². The van der Waals surface area contributed by atoms with Crippen molar-refractivity contribution in [3.8, 4) is 22.8 Å². The summed E-state index contributed by atoms with van der Waals surface area (Å²) in [6, 6.07) is 12.4. The van der Waals surface area contributed by atoms with Crippen LogP contribution in [0.4, 0.5) is 4.39 Å². The Bertz CT molecular complexity index is 1280. The van der Waals surface area contributed by atoms with Gasteiger partial charge in [-0.1, -0.05) is 29.4 Å². The van der Waals surface area contributed by atoms with Crippen LogP contribution in [-0.2, 0) is 17.1 Å². The number of nitrogens with zero attached hydrogens (tertiary/aromatic N) is 4. The van der Waals surface area contributed by atoms with Crippen LogP contribution in [0.2, 0.25) is 5.02 Å². The number of rotatable bonds is 5. The Labute approximate surface area is 193 Å². The van der Waals surface area contributed by atoms with Crippen LogP contribution < -0.4 is 4.74 Å². The molecule has 1 aliphatic rings. The molecule has 0 N–H and O–H groups in total. The van der Waals surface area contributed by atoms with E-state index < -0.39 is 0 Å². The van der Waals surface area contributed by atoms with E-state index in [0.717, 1.165) is 22.4 Å². The normalized spacial score (nSPS) is 13.0. The van der Waals surface area contributed by atoms with Crippen molar-refractivity contribution in [1.82, 2.24) is 19.7 Å². The molecule has 32 heavy (non-hydrogen) atoms. The first-order valence-electron chi connectivity index (χ1n) is 9.88. The zero-order chi connectivity index (χ0) is 22.1. The molecule has 4 aromatic rings. The number of pyridine rings is 1. The van der Waals surface area contributed by atoms with E-state index in [1.54, 1.807) is 12.4 Å². The van der Waals surface area contributed by atoms with E-state index in [4.69, 9.17) is 21.1 Å². The van der Waals surface area contributed by atoms with Crippen LogP contribution in [0.5, 0.6) is 5.75 Å². The van der Waals surface area contributed by atoms with Crippen LogP contribution in [0, 0.1) is 12.7 Å². The van der Waals surface area contributed by atoms with Crippen molar-refractivity contribution < 1.29 is 13.9 Å². The lowest BCUT2D eigenvalue weighted by Crippen LogP contribution is -2.13. The summed E-state index contributed by atoms with van der Waals surface area (Å²) in [5, 5.41) is 10.2. The minimum Gasteiger partial charge on any atom is -0.467 e. The molecule has 5 rings (SSSR count).